The summed E-state index contributed by atoms with van der Waals surface area (Å²) in [6.07, 6.45) is 0. The van der Waals surface area contributed by atoms with E-state index in [0.29, 0.717) is 12.5 Å². The molecule has 21 heavy (non-hydrogen) atoms. The SMILES string of the molecule is Cc1ccc(N2CC(CNC(=O)c3ccc(C)s3)C2)nn1. The van der Waals surface area contributed by atoms with Gasteiger partial charge in [-0.15, -0.1) is 16.4 Å². The molecule has 1 fully saturated rings. The van der Waals surface area contributed by atoms with Crippen molar-refractivity contribution in [3.05, 3.63) is 39.7 Å². The van der Waals surface area contributed by atoms with Crippen molar-refractivity contribution < 1.29 is 4.79 Å². The van der Waals surface area contributed by atoms with E-state index in [0.717, 1.165) is 34.4 Å². The van der Waals surface area contributed by atoms with Crippen LogP contribution in [-0.2, 0) is 0 Å². The Balaban J connectivity index is 1.45. The molecule has 110 valence electrons. The van der Waals surface area contributed by atoms with Crippen LogP contribution in [0.15, 0.2) is 24.3 Å². The second-order valence-corrected chi connectivity index (χ2v) is 6.71. The van der Waals surface area contributed by atoms with Crippen molar-refractivity contribution in [1.82, 2.24) is 15.5 Å². The number of carbonyl (C=O) groups excluding carboxylic acids is 1. The third-order valence-electron chi connectivity index (χ3n) is 3.58. The molecule has 1 amide bonds. The van der Waals surface area contributed by atoms with Crippen LogP contribution < -0.4 is 10.2 Å². The van der Waals surface area contributed by atoms with E-state index in [1.54, 1.807) is 0 Å². The Kier molecular flexibility index (Phi) is 3.88. The lowest BCUT2D eigenvalue weighted by molar-refractivity contribution is 0.0948. The summed E-state index contributed by atoms with van der Waals surface area (Å²) in [5.41, 5.74) is 0.925. The van der Waals surface area contributed by atoms with Gasteiger partial charge in [0.25, 0.3) is 5.91 Å². The van der Waals surface area contributed by atoms with Gasteiger partial charge in [-0.05, 0) is 38.1 Å². The molecule has 0 spiro atoms. The van der Waals surface area contributed by atoms with Crippen LogP contribution in [0, 0.1) is 19.8 Å². The van der Waals surface area contributed by atoms with Gasteiger partial charge in [0.2, 0.25) is 0 Å². The first-order chi connectivity index (χ1) is 10.1. The smallest absolute Gasteiger partial charge is 0.261 e. The summed E-state index contributed by atoms with van der Waals surface area (Å²) < 4.78 is 0. The molecule has 0 aromatic carbocycles. The highest BCUT2D eigenvalue weighted by Gasteiger charge is 2.28. The lowest BCUT2D eigenvalue weighted by atomic mass is 10.0. The topological polar surface area (TPSA) is 58.1 Å². The van der Waals surface area contributed by atoms with Crippen LogP contribution in [0.3, 0.4) is 0 Å². The highest BCUT2D eigenvalue weighted by atomic mass is 32.1. The molecule has 0 saturated carbocycles. The van der Waals surface area contributed by atoms with Crippen molar-refractivity contribution in [1.29, 1.82) is 0 Å². The molecule has 2 aromatic heterocycles. The van der Waals surface area contributed by atoms with E-state index >= 15 is 0 Å². The van der Waals surface area contributed by atoms with Crippen LogP contribution in [0.1, 0.15) is 20.2 Å². The van der Waals surface area contributed by atoms with Gasteiger partial charge in [-0.2, -0.15) is 5.10 Å². The van der Waals surface area contributed by atoms with Crippen LogP contribution >= 0.6 is 11.3 Å². The molecule has 1 aliphatic rings. The minimum Gasteiger partial charge on any atom is -0.354 e. The number of nitrogens with one attached hydrogen (secondary N) is 1. The fraction of sp³-hybridized carbons (Fsp3) is 0.400. The molecule has 0 radical (unpaired) electrons. The normalized spacial score (nSPS) is 14.9. The Morgan fingerprint density at radius 2 is 2.10 bits per heavy atom. The fourth-order valence-electron chi connectivity index (χ4n) is 2.33. The van der Waals surface area contributed by atoms with E-state index in [-0.39, 0.29) is 5.91 Å². The molecule has 6 heteroatoms. The maximum Gasteiger partial charge on any atom is 0.261 e. The largest absolute Gasteiger partial charge is 0.354 e. The van der Waals surface area contributed by atoms with Gasteiger partial charge in [0.15, 0.2) is 5.82 Å². The molecule has 0 atom stereocenters. The zero-order valence-corrected chi connectivity index (χ0v) is 13.0. The third kappa shape index (κ3) is 3.21. The summed E-state index contributed by atoms with van der Waals surface area (Å²) in [5.74, 6) is 1.43. The number of thiophene rings is 1. The molecule has 2 aromatic rings. The van der Waals surface area contributed by atoms with Crippen LogP contribution in [0.2, 0.25) is 0 Å². The highest BCUT2D eigenvalue weighted by molar-refractivity contribution is 7.13. The van der Waals surface area contributed by atoms with Crippen molar-refractivity contribution in [3.8, 4) is 0 Å². The zero-order valence-electron chi connectivity index (χ0n) is 12.2. The minimum absolute atomic E-state index is 0.0293. The number of anilines is 1. The van der Waals surface area contributed by atoms with E-state index in [9.17, 15) is 4.79 Å². The lowest BCUT2D eigenvalue weighted by Gasteiger charge is -2.39. The van der Waals surface area contributed by atoms with Gasteiger partial charge in [0.1, 0.15) is 0 Å². The van der Waals surface area contributed by atoms with Crippen LogP contribution in [0.4, 0.5) is 5.82 Å². The van der Waals surface area contributed by atoms with Gasteiger partial charge in [-0.3, -0.25) is 4.79 Å². The summed E-state index contributed by atoms with van der Waals surface area (Å²) in [7, 11) is 0. The van der Waals surface area contributed by atoms with Crippen molar-refractivity contribution in [2.24, 2.45) is 5.92 Å². The summed E-state index contributed by atoms with van der Waals surface area (Å²) in [5, 5.41) is 11.2. The van der Waals surface area contributed by atoms with Crippen molar-refractivity contribution >= 4 is 23.1 Å². The number of rotatable bonds is 4. The number of hydrogen-bond acceptors (Lipinski definition) is 5. The summed E-state index contributed by atoms with van der Waals surface area (Å²) in [6, 6.07) is 7.81. The molecular weight excluding hydrogens is 284 g/mol. The molecule has 1 saturated heterocycles. The fourth-order valence-corrected chi connectivity index (χ4v) is 3.11. The highest BCUT2D eigenvalue weighted by Crippen LogP contribution is 2.22. The molecule has 3 heterocycles. The van der Waals surface area contributed by atoms with Gasteiger partial charge in [-0.25, -0.2) is 0 Å². The first kappa shape index (κ1) is 14.0. The molecule has 0 aliphatic carbocycles. The number of aryl methyl sites for hydroxylation is 2. The van der Waals surface area contributed by atoms with Gasteiger partial charge in [-0.1, -0.05) is 0 Å². The van der Waals surface area contributed by atoms with E-state index in [1.807, 2.05) is 38.1 Å². The first-order valence-corrected chi connectivity index (χ1v) is 7.83. The summed E-state index contributed by atoms with van der Waals surface area (Å²) >= 11 is 1.53. The average molecular weight is 302 g/mol. The summed E-state index contributed by atoms with van der Waals surface area (Å²) in [4.78, 5) is 16.1. The molecule has 1 N–H and O–H groups in total. The quantitative estimate of drug-likeness (QED) is 0.939. The van der Waals surface area contributed by atoms with Crippen LogP contribution in [0.25, 0.3) is 0 Å². The van der Waals surface area contributed by atoms with E-state index in [1.165, 1.54) is 11.3 Å². The first-order valence-electron chi connectivity index (χ1n) is 7.02. The van der Waals surface area contributed by atoms with Gasteiger partial charge in [0, 0.05) is 30.4 Å². The predicted molar refractivity (Wildman–Crippen MR) is 83.9 cm³/mol. The number of aromatic nitrogens is 2. The van der Waals surface area contributed by atoms with E-state index < -0.39 is 0 Å². The van der Waals surface area contributed by atoms with E-state index in [2.05, 4.69) is 20.4 Å². The Hall–Kier alpha value is -1.95. The van der Waals surface area contributed by atoms with Gasteiger partial charge >= 0.3 is 0 Å². The molecule has 1 aliphatic heterocycles. The number of carbonyl (C=O) groups is 1. The maximum atomic E-state index is 12.0. The number of nitrogens with zero attached hydrogens (tertiary/aromatic N) is 3. The lowest BCUT2D eigenvalue weighted by Crippen LogP contribution is -2.51. The third-order valence-corrected chi connectivity index (χ3v) is 4.58. The van der Waals surface area contributed by atoms with Crippen molar-refractivity contribution in [3.63, 3.8) is 0 Å². The zero-order chi connectivity index (χ0) is 14.8. The second-order valence-electron chi connectivity index (χ2n) is 5.42. The standard InChI is InChI=1S/C15H18N4OS/c1-10-3-6-14(18-17-10)19-8-12(9-19)7-16-15(20)13-5-4-11(2)21-13/h3-6,12H,7-9H2,1-2H3,(H,16,20). The Labute approximate surface area is 128 Å². The number of hydrogen-bond donors (Lipinski definition) is 1. The summed E-state index contributed by atoms with van der Waals surface area (Å²) in [6.45, 7) is 6.49. The molecule has 0 bridgehead atoms. The Morgan fingerprint density at radius 3 is 2.71 bits per heavy atom. The van der Waals surface area contributed by atoms with E-state index in [4.69, 9.17) is 0 Å². The molecule has 0 unspecified atom stereocenters. The molecular formula is C15H18N4OS. The minimum atomic E-state index is 0.0293. The predicted octanol–water partition coefficient (Wildman–Crippen LogP) is 2.02. The molecule has 5 nitrogen and oxygen atoms in total. The van der Waals surface area contributed by atoms with Crippen LogP contribution in [0.5, 0.6) is 0 Å². The Bertz CT molecular complexity index is 631. The van der Waals surface area contributed by atoms with Gasteiger partial charge in [0.05, 0.1) is 10.6 Å². The van der Waals surface area contributed by atoms with Crippen LogP contribution in [-0.4, -0.2) is 35.7 Å². The Morgan fingerprint density at radius 1 is 1.29 bits per heavy atom. The van der Waals surface area contributed by atoms with Crippen molar-refractivity contribution in [2.75, 3.05) is 24.5 Å². The average Bonchev–Trinajstić information content (AvgIpc) is 2.85. The monoisotopic (exact) mass is 302 g/mol. The number of amides is 1. The second kappa shape index (κ2) is 5.81. The van der Waals surface area contributed by atoms with Gasteiger partial charge < -0.3 is 10.2 Å². The maximum absolute atomic E-state index is 12.0. The molecule has 3 rings (SSSR count). The van der Waals surface area contributed by atoms with Crippen molar-refractivity contribution in [2.45, 2.75) is 13.8 Å².